The maximum absolute atomic E-state index is 13.2. The first-order valence-corrected chi connectivity index (χ1v) is 13.5. The molecule has 4 N–H and O–H groups in total. The molecule has 1 saturated heterocycles. The number of pyridine rings is 1. The monoisotopic (exact) mass is 492 g/mol. The molecule has 1 saturated carbocycles. The number of rotatable bonds is 8. The van der Waals surface area contributed by atoms with Crippen molar-refractivity contribution < 1.29 is 9.90 Å². The topological polar surface area (TPSA) is 92.8 Å². The fraction of sp³-hybridized carbons (Fsp3) is 0.571. The number of carbonyl (C=O) groups excluding carboxylic acids is 1. The Labute approximate surface area is 214 Å². The number of fused-ring (bicyclic) bond motifs is 1. The molecule has 0 spiro atoms. The van der Waals surface area contributed by atoms with Gasteiger partial charge in [-0.3, -0.25) is 9.69 Å². The predicted molar refractivity (Wildman–Crippen MR) is 144 cm³/mol. The number of phenolic OH excluding ortho intramolecular Hbond substituents is 1. The van der Waals surface area contributed by atoms with Crippen molar-refractivity contribution in [1.82, 2.24) is 20.5 Å². The van der Waals surface area contributed by atoms with Crippen LogP contribution in [0.25, 0.3) is 0 Å². The van der Waals surface area contributed by atoms with Gasteiger partial charge in [0.15, 0.2) is 0 Å². The molecule has 1 aromatic heterocycles. The highest BCUT2D eigenvalue weighted by molar-refractivity contribution is 5.95. The molecular formula is C28H40N6O2. The second kappa shape index (κ2) is 11.0. The van der Waals surface area contributed by atoms with E-state index in [9.17, 15) is 9.90 Å². The highest BCUT2D eigenvalue weighted by Crippen LogP contribution is 2.26. The first-order valence-electron chi connectivity index (χ1n) is 13.5. The number of piperazine rings is 1. The summed E-state index contributed by atoms with van der Waals surface area (Å²) >= 11 is 0. The van der Waals surface area contributed by atoms with Crippen LogP contribution in [-0.4, -0.2) is 71.7 Å². The van der Waals surface area contributed by atoms with Gasteiger partial charge in [0, 0.05) is 63.0 Å². The van der Waals surface area contributed by atoms with E-state index in [1.54, 1.807) is 6.07 Å². The molecule has 1 aliphatic carbocycles. The molecule has 3 heterocycles. The summed E-state index contributed by atoms with van der Waals surface area (Å²) in [6, 6.07) is 10.8. The van der Waals surface area contributed by atoms with Gasteiger partial charge in [-0.1, -0.05) is 6.07 Å². The molecule has 36 heavy (non-hydrogen) atoms. The lowest BCUT2D eigenvalue weighted by atomic mass is 9.93. The van der Waals surface area contributed by atoms with Crippen molar-refractivity contribution in [2.45, 2.75) is 70.6 Å². The largest absolute Gasteiger partial charge is 0.508 e. The van der Waals surface area contributed by atoms with E-state index in [1.165, 1.54) is 12.0 Å². The predicted octanol–water partition coefficient (Wildman–Crippen LogP) is 3.12. The van der Waals surface area contributed by atoms with Gasteiger partial charge in [0.2, 0.25) is 0 Å². The van der Waals surface area contributed by atoms with Crippen LogP contribution in [0.3, 0.4) is 0 Å². The van der Waals surface area contributed by atoms with E-state index in [0.717, 1.165) is 75.6 Å². The summed E-state index contributed by atoms with van der Waals surface area (Å²) in [6.07, 6.45) is 5.34. The molecule has 1 atom stereocenters. The van der Waals surface area contributed by atoms with Gasteiger partial charge in [-0.05, 0) is 81.3 Å². The third-order valence-electron chi connectivity index (χ3n) is 7.92. The first-order chi connectivity index (χ1) is 17.4. The van der Waals surface area contributed by atoms with E-state index in [-0.39, 0.29) is 5.91 Å². The van der Waals surface area contributed by atoms with Crippen LogP contribution in [-0.2, 0) is 13.0 Å². The second-order valence-corrected chi connectivity index (χ2v) is 10.8. The van der Waals surface area contributed by atoms with Crippen LogP contribution in [0.5, 0.6) is 5.75 Å². The van der Waals surface area contributed by atoms with Gasteiger partial charge in [-0.2, -0.15) is 0 Å². The molecule has 0 unspecified atom stereocenters. The fourth-order valence-electron chi connectivity index (χ4n) is 5.35. The standard InChI is InChI=1S/C28H40N6O2/c1-19(2)33-10-12-34(13-11-33)27-17-21(16-26(32-27)31-23-4-3-5-23)28(36)29-9-8-24-14-20-6-7-25(35)15-22(20)18-30-24/h6-7,15-17,19,23-24,30,35H,3-5,8-14,18H2,1-2H3,(H,29,36)(H,31,32)/t24-/m1/s1. The number of aromatic hydroxyl groups is 1. The van der Waals surface area contributed by atoms with Crippen LogP contribution in [0.1, 0.15) is 61.0 Å². The maximum atomic E-state index is 13.2. The number of nitrogens with zero attached hydrogens (tertiary/aromatic N) is 3. The zero-order valence-electron chi connectivity index (χ0n) is 21.6. The van der Waals surface area contributed by atoms with Crippen molar-refractivity contribution in [3.8, 4) is 5.75 Å². The lowest BCUT2D eigenvalue weighted by Gasteiger charge is -2.37. The van der Waals surface area contributed by atoms with Crippen LogP contribution in [0, 0.1) is 0 Å². The number of nitrogens with one attached hydrogen (secondary N) is 3. The summed E-state index contributed by atoms with van der Waals surface area (Å²) in [4.78, 5) is 22.9. The lowest BCUT2D eigenvalue weighted by molar-refractivity contribution is 0.0952. The Kier molecular flexibility index (Phi) is 7.62. The Morgan fingerprint density at radius 3 is 2.67 bits per heavy atom. The molecule has 3 aliphatic rings. The van der Waals surface area contributed by atoms with Crippen LogP contribution in [0.4, 0.5) is 11.6 Å². The zero-order valence-corrected chi connectivity index (χ0v) is 21.6. The highest BCUT2D eigenvalue weighted by atomic mass is 16.3. The molecular weight excluding hydrogens is 452 g/mol. The number of anilines is 2. The molecule has 8 nitrogen and oxygen atoms in total. The summed E-state index contributed by atoms with van der Waals surface area (Å²) in [5.74, 6) is 1.97. The summed E-state index contributed by atoms with van der Waals surface area (Å²) in [6.45, 7) is 9.71. The van der Waals surface area contributed by atoms with E-state index in [1.807, 2.05) is 24.3 Å². The SMILES string of the molecule is CC(C)N1CCN(c2cc(C(=O)NCC[C@@H]3Cc4ccc(O)cc4CN3)cc(NC3CCC3)n2)CC1. The normalized spacial score (nSPS) is 20.6. The van der Waals surface area contributed by atoms with Crippen molar-refractivity contribution in [2.24, 2.45) is 0 Å². The minimum absolute atomic E-state index is 0.0442. The average Bonchev–Trinajstić information content (AvgIpc) is 2.86. The minimum Gasteiger partial charge on any atom is -0.508 e. The molecule has 0 radical (unpaired) electrons. The summed E-state index contributed by atoms with van der Waals surface area (Å²) < 4.78 is 0. The Bertz CT molecular complexity index is 1060. The Hall–Kier alpha value is -2.84. The molecule has 0 bridgehead atoms. The molecule has 194 valence electrons. The van der Waals surface area contributed by atoms with Gasteiger partial charge in [0.1, 0.15) is 17.4 Å². The molecule has 2 aromatic rings. The number of carbonyl (C=O) groups is 1. The summed E-state index contributed by atoms with van der Waals surface area (Å²) in [5, 5.41) is 19.9. The number of benzene rings is 1. The number of phenols is 1. The van der Waals surface area contributed by atoms with Crippen molar-refractivity contribution in [3.63, 3.8) is 0 Å². The number of amides is 1. The number of aromatic nitrogens is 1. The quantitative estimate of drug-likeness (QED) is 0.450. The van der Waals surface area contributed by atoms with Crippen LogP contribution in [0.15, 0.2) is 30.3 Å². The Morgan fingerprint density at radius 2 is 1.94 bits per heavy atom. The molecule has 1 aromatic carbocycles. The van der Waals surface area contributed by atoms with E-state index in [2.05, 4.69) is 39.6 Å². The van der Waals surface area contributed by atoms with Crippen molar-refractivity contribution in [3.05, 3.63) is 47.0 Å². The molecule has 2 aliphatic heterocycles. The third kappa shape index (κ3) is 5.93. The van der Waals surface area contributed by atoms with Crippen LogP contribution in [0.2, 0.25) is 0 Å². The first kappa shape index (κ1) is 24.8. The van der Waals surface area contributed by atoms with E-state index >= 15 is 0 Å². The highest BCUT2D eigenvalue weighted by Gasteiger charge is 2.24. The van der Waals surface area contributed by atoms with Crippen molar-refractivity contribution in [2.75, 3.05) is 42.9 Å². The van der Waals surface area contributed by atoms with Gasteiger partial charge in [0.25, 0.3) is 5.91 Å². The van der Waals surface area contributed by atoms with E-state index in [4.69, 9.17) is 4.98 Å². The number of hydrogen-bond donors (Lipinski definition) is 4. The summed E-state index contributed by atoms with van der Waals surface area (Å²) in [7, 11) is 0. The smallest absolute Gasteiger partial charge is 0.251 e. The minimum atomic E-state index is -0.0442. The van der Waals surface area contributed by atoms with Crippen molar-refractivity contribution in [1.29, 1.82) is 0 Å². The molecule has 5 rings (SSSR count). The lowest BCUT2D eigenvalue weighted by Crippen LogP contribution is -2.49. The van der Waals surface area contributed by atoms with Gasteiger partial charge in [-0.25, -0.2) is 4.98 Å². The number of hydrogen-bond acceptors (Lipinski definition) is 7. The Balaban J connectivity index is 1.21. The summed E-state index contributed by atoms with van der Waals surface area (Å²) in [5.41, 5.74) is 3.09. The average molecular weight is 493 g/mol. The second-order valence-electron chi connectivity index (χ2n) is 10.8. The van der Waals surface area contributed by atoms with Gasteiger partial charge in [-0.15, -0.1) is 0 Å². The maximum Gasteiger partial charge on any atom is 0.251 e. The van der Waals surface area contributed by atoms with E-state index < -0.39 is 0 Å². The molecule has 8 heteroatoms. The van der Waals surface area contributed by atoms with Crippen molar-refractivity contribution >= 4 is 17.5 Å². The molecule has 1 amide bonds. The third-order valence-corrected chi connectivity index (χ3v) is 7.92. The van der Waals surface area contributed by atoms with E-state index in [0.29, 0.717) is 36.0 Å². The zero-order chi connectivity index (χ0) is 25.1. The van der Waals surface area contributed by atoms with Gasteiger partial charge < -0.3 is 26.0 Å². The Morgan fingerprint density at radius 1 is 1.14 bits per heavy atom. The molecule has 2 fully saturated rings. The fourth-order valence-corrected chi connectivity index (χ4v) is 5.35. The van der Waals surface area contributed by atoms with Gasteiger partial charge >= 0.3 is 0 Å². The van der Waals surface area contributed by atoms with Crippen LogP contribution >= 0.6 is 0 Å². The van der Waals surface area contributed by atoms with Crippen LogP contribution < -0.4 is 20.9 Å². The van der Waals surface area contributed by atoms with Gasteiger partial charge in [0.05, 0.1) is 0 Å².